The lowest BCUT2D eigenvalue weighted by molar-refractivity contribution is 0.415. The smallest absolute Gasteiger partial charge is 0.154 e. The van der Waals surface area contributed by atoms with Gasteiger partial charge in [-0.25, -0.2) is 9.67 Å². The topological polar surface area (TPSA) is 92.0 Å². The summed E-state index contributed by atoms with van der Waals surface area (Å²) in [6.45, 7) is 6.21. The van der Waals surface area contributed by atoms with Crippen LogP contribution in [0.1, 0.15) is 16.7 Å². The molecule has 0 atom stereocenters. The maximum atomic E-state index is 6.38. The van der Waals surface area contributed by atoms with Crippen molar-refractivity contribution in [3.8, 4) is 22.6 Å². The third kappa shape index (κ3) is 2.74. The minimum atomic E-state index is 0.394. The van der Waals surface area contributed by atoms with E-state index in [0.29, 0.717) is 17.2 Å². The second kappa shape index (κ2) is 6.56. The molecular weight excluding hydrogens is 350 g/mol. The molecule has 4 N–H and O–H groups in total. The van der Waals surface area contributed by atoms with E-state index in [1.165, 1.54) is 5.56 Å². The molecule has 0 spiro atoms. The number of methoxy groups -OCH3 is 1. The maximum absolute atomic E-state index is 6.38. The summed E-state index contributed by atoms with van der Waals surface area (Å²) in [6.07, 6.45) is 1.74. The highest BCUT2D eigenvalue weighted by Crippen LogP contribution is 2.37. The highest BCUT2D eigenvalue weighted by atomic mass is 16.5. The molecule has 142 valence electrons. The van der Waals surface area contributed by atoms with Crippen LogP contribution in [-0.4, -0.2) is 21.9 Å². The van der Waals surface area contributed by atoms with Crippen LogP contribution in [0, 0.1) is 20.8 Å². The Morgan fingerprint density at radius 1 is 0.964 bits per heavy atom. The molecule has 0 saturated heterocycles. The lowest BCUT2D eigenvalue weighted by Gasteiger charge is -2.13. The zero-order valence-corrected chi connectivity index (χ0v) is 16.4. The van der Waals surface area contributed by atoms with Crippen molar-refractivity contribution in [1.29, 1.82) is 0 Å². The van der Waals surface area contributed by atoms with E-state index in [0.717, 1.165) is 39.1 Å². The normalized spacial score (nSPS) is 11.1. The Morgan fingerprint density at radius 3 is 2.36 bits per heavy atom. The summed E-state index contributed by atoms with van der Waals surface area (Å²) < 4.78 is 7.18. The lowest BCUT2D eigenvalue weighted by atomic mass is 10.0. The molecule has 0 aliphatic carbocycles. The minimum Gasteiger partial charge on any atom is -0.497 e. The molecule has 0 saturated carbocycles. The number of nitrogen functional groups attached to an aromatic ring is 2. The van der Waals surface area contributed by atoms with Gasteiger partial charge in [-0.05, 0) is 49.6 Å². The van der Waals surface area contributed by atoms with Crippen LogP contribution < -0.4 is 16.2 Å². The number of pyridine rings is 1. The van der Waals surface area contributed by atoms with Crippen molar-refractivity contribution in [2.45, 2.75) is 20.8 Å². The SMILES string of the molecule is COc1cccc(-c2cnc(N)c3c2c(N)nn3-c2c(C)cc(C)cc2C)c1. The molecule has 0 bridgehead atoms. The molecule has 0 aliphatic heterocycles. The quantitative estimate of drug-likeness (QED) is 0.562. The highest BCUT2D eigenvalue weighted by molar-refractivity contribution is 6.06. The van der Waals surface area contributed by atoms with Crippen LogP contribution in [0.15, 0.2) is 42.6 Å². The van der Waals surface area contributed by atoms with Gasteiger partial charge in [-0.3, -0.25) is 0 Å². The van der Waals surface area contributed by atoms with Crippen LogP contribution >= 0.6 is 0 Å². The van der Waals surface area contributed by atoms with Crippen molar-refractivity contribution in [3.63, 3.8) is 0 Å². The number of fused-ring (bicyclic) bond motifs is 1. The van der Waals surface area contributed by atoms with E-state index in [4.69, 9.17) is 16.2 Å². The molecule has 28 heavy (non-hydrogen) atoms. The molecule has 0 fully saturated rings. The van der Waals surface area contributed by atoms with Crippen molar-refractivity contribution < 1.29 is 4.74 Å². The fraction of sp³-hybridized carbons (Fsp3) is 0.182. The Balaban J connectivity index is 2.05. The summed E-state index contributed by atoms with van der Waals surface area (Å²) in [5, 5.41) is 5.44. The summed E-state index contributed by atoms with van der Waals surface area (Å²) in [5.74, 6) is 1.57. The van der Waals surface area contributed by atoms with Crippen molar-refractivity contribution in [2.24, 2.45) is 0 Å². The molecule has 6 heteroatoms. The number of anilines is 2. The number of nitrogens with zero attached hydrogens (tertiary/aromatic N) is 3. The largest absolute Gasteiger partial charge is 0.497 e. The number of hydrogen-bond donors (Lipinski definition) is 2. The zero-order valence-electron chi connectivity index (χ0n) is 16.4. The summed E-state index contributed by atoms with van der Waals surface area (Å²) >= 11 is 0. The average molecular weight is 373 g/mol. The number of ether oxygens (including phenoxy) is 1. The van der Waals surface area contributed by atoms with E-state index in [1.807, 2.05) is 28.9 Å². The second-order valence-electron chi connectivity index (χ2n) is 7.06. The molecule has 2 heterocycles. The number of benzene rings is 2. The molecule has 6 nitrogen and oxygen atoms in total. The Bertz CT molecular complexity index is 1190. The van der Waals surface area contributed by atoms with Crippen molar-refractivity contribution in [2.75, 3.05) is 18.6 Å². The first-order valence-corrected chi connectivity index (χ1v) is 9.06. The van der Waals surface area contributed by atoms with Gasteiger partial charge in [0.25, 0.3) is 0 Å². The van der Waals surface area contributed by atoms with Gasteiger partial charge < -0.3 is 16.2 Å². The first-order valence-electron chi connectivity index (χ1n) is 9.06. The number of nitrogens with two attached hydrogens (primary N) is 2. The van der Waals surface area contributed by atoms with Gasteiger partial charge in [0.05, 0.1) is 18.2 Å². The predicted molar refractivity (Wildman–Crippen MR) is 114 cm³/mol. The van der Waals surface area contributed by atoms with Crippen LogP contribution in [0.25, 0.3) is 27.7 Å². The molecule has 0 amide bonds. The third-order valence-corrected chi connectivity index (χ3v) is 4.99. The van der Waals surface area contributed by atoms with Crippen LogP contribution in [0.2, 0.25) is 0 Å². The van der Waals surface area contributed by atoms with Gasteiger partial charge in [-0.2, -0.15) is 0 Å². The fourth-order valence-corrected chi connectivity index (χ4v) is 3.87. The molecule has 2 aromatic carbocycles. The lowest BCUT2D eigenvalue weighted by Crippen LogP contribution is -2.05. The molecule has 0 unspecified atom stereocenters. The molecule has 4 rings (SSSR count). The van der Waals surface area contributed by atoms with E-state index in [-0.39, 0.29) is 0 Å². The molecule has 4 aromatic rings. The molecular formula is C22H23N5O. The van der Waals surface area contributed by atoms with Gasteiger partial charge in [0.15, 0.2) is 5.82 Å². The second-order valence-corrected chi connectivity index (χ2v) is 7.06. The summed E-state index contributed by atoms with van der Waals surface area (Å²) in [7, 11) is 1.64. The van der Waals surface area contributed by atoms with Gasteiger partial charge >= 0.3 is 0 Å². The first-order chi connectivity index (χ1) is 13.4. The van der Waals surface area contributed by atoms with E-state index < -0.39 is 0 Å². The van der Waals surface area contributed by atoms with Gasteiger partial charge in [-0.1, -0.05) is 29.8 Å². The van der Waals surface area contributed by atoms with E-state index in [1.54, 1.807) is 13.3 Å². The van der Waals surface area contributed by atoms with Gasteiger partial charge in [0.1, 0.15) is 17.1 Å². The number of aromatic nitrogens is 3. The van der Waals surface area contributed by atoms with Crippen molar-refractivity contribution in [1.82, 2.24) is 14.8 Å². The van der Waals surface area contributed by atoms with Crippen LogP contribution in [0.3, 0.4) is 0 Å². The van der Waals surface area contributed by atoms with E-state index in [9.17, 15) is 0 Å². The van der Waals surface area contributed by atoms with E-state index in [2.05, 4.69) is 43.0 Å². The summed E-state index contributed by atoms with van der Waals surface area (Å²) in [5.41, 5.74) is 19.6. The van der Waals surface area contributed by atoms with Crippen LogP contribution in [-0.2, 0) is 0 Å². The zero-order chi connectivity index (χ0) is 20.0. The first kappa shape index (κ1) is 17.9. The monoisotopic (exact) mass is 373 g/mol. The number of hydrogen-bond acceptors (Lipinski definition) is 5. The minimum absolute atomic E-state index is 0.394. The Kier molecular flexibility index (Phi) is 4.19. The standard InChI is InChI=1S/C22H23N5O/c1-12-8-13(2)19(14(3)9-12)27-20-18(21(23)26-27)17(11-25-22(20)24)15-6-5-7-16(10-15)28-4/h5-11H,1-4H3,(H2,23,26)(H2,24,25). The van der Waals surface area contributed by atoms with Gasteiger partial charge in [0.2, 0.25) is 0 Å². The summed E-state index contributed by atoms with van der Waals surface area (Å²) in [4.78, 5) is 4.44. The maximum Gasteiger partial charge on any atom is 0.154 e. The van der Waals surface area contributed by atoms with Gasteiger partial charge in [0, 0.05) is 11.8 Å². The Morgan fingerprint density at radius 2 is 1.68 bits per heavy atom. The molecule has 2 aromatic heterocycles. The van der Waals surface area contributed by atoms with E-state index >= 15 is 0 Å². The Labute approximate surface area is 163 Å². The van der Waals surface area contributed by atoms with Gasteiger partial charge in [-0.15, -0.1) is 5.10 Å². The predicted octanol–water partition coefficient (Wildman–Crippen LogP) is 4.19. The fourth-order valence-electron chi connectivity index (χ4n) is 3.87. The molecule has 0 radical (unpaired) electrons. The summed E-state index contributed by atoms with van der Waals surface area (Å²) in [6, 6.07) is 12.0. The molecule has 0 aliphatic rings. The highest BCUT2D eigenvalue weighted by Gasteiger charge is 2.20. The number of rotatable bonds is 3. The van der Waals surface area contributed by atoms with Crippen LogP contribution in [0.4, 0.5) is 11.6 Å². The average Bonchev–Trinajstić information content (AvgIpc) is 2.99. The van der Waals surface area contributed by atoms with Crippen molar-refractivity contribution >= 4 is 22.5 Å². The van der Waals surface area contributed by atoms with Crippen molar-refractivity contribution in [3.05, 3.63) is 59.3 Å². The third-order valence-electron chi connectivity index (χ3n) is 4.99. The Hall–Kier alpha value is -3.54. The number of aryl methyl sites for hydroxylation is 3. The van der Waals surface area contributed by atoms with Crippen LogP contribution in [0.5, 0.6) is 5.75 Å².